The second kappa shape index (κ2) is 3.89. The van der Waals surface area contributed by atoms with Crippen LogP contribution in [0.15, 0.2) is 4.99 Å². The first-order valence-corrected chi connectivity index (χ1v) is 4.34. The number of hydrogen-bond acceptors (Lipinski definition) is 1. The molecule has 0 heterocycles. The van der Waals surface area contributed by atoms with E-state index in [9.17, 15) is 0 Å². The van der Waals surface area contributed by atoms with Crippen molar-refractivity contribution in [1.82, 2.24) is 0 Å². The SMILES string of the molecule is CC(=NCC(C)(C)C)C(C)C. The van der Waals surface area contributed by atoms with Gasteiger partial charge in [-0.15, -0.1) is 0 Å². The highest BCUT2D eigenvalue weighted by Crippen LogP contribution is 2.13. The fourth-order valence-electron chi connectivity index (χ4n) is 0.544. The van der Waals surface area contributed by atoms with E-state index in [1.54, 1.807) is 0 Å². The van der Waals surface area contributed by atoms with Gasteiger partial charge in [0.1, 0.15) is 0 Å². The van der Waals surface area contributed by atoms with E-state index in [1.165, 1.54) is 5.71 Å². The fourth-order valence-corrected chi connectivity index (χ4v) is 0.544. The standard InChI is InChI=1S/C10H21N/c1-8(2)9(3)11-7-10(4,5)6/h8H,7H2,1-6H3. The second-order valence-electron chi connectivity index (χ2n) is 4.67. The summed E-state index contributed by atoms with van der Waals surface area (Å²) in [5.74, 6) is 0.595. The smallest absolute Gasteiger partial charge is 0.0437 e. The third-order valence-corrected chi connectivity index (χ3v) is 1.64. The second-order valence-corrected chi connectivity index (χ2v) is 4.67. The number of rotatable bonds is 2. The van der Waals surface area contributed by atoms with Gasteiger partial charge < -0.3 is 0 Å². The summed E-state index contributed by atoms with van der Waals surface area (Å²) in [6, 6.07) is 0. The maximum Gasteiger partial charge on any atom is 0.0437 e. The summed E-state index contributed by atoms with van der Waals surface area (Å²) in [4.78, 5) is 4.51. The Bertz CT molecular complexity index is 137. The molecule has 0 aromatic carbocycles. The molecule has 0 aliphatic rings. The third-order valence-electron chi connectivity index (χ3n) is 1.64. The summed E-state index contributed by atoms with van der Waals surface area (Å²) in [7, 11) is 0. The summed E-state index contributed by atoms with van der Waals surface area (Å²) < 4.78 is 0. The molecule has 0 spiro atoms. The van der Waals surface area contributed by atoms with Crippen LogP contribution in [0.5, 0.6) is 0 Å². The van der Waals surface area contributed by atoms with Crippen LogP contribution < -0.4 is 0 Å². The van der Waals surface area contributed by atoms with Crippen molar-refractivity contribution >= 4 is 5.71 Å². The van der Waals surface area contributed by atoms with Gasteiger partial charge in [0.15, 0.2) is 0 Å². The molecule has 0 fully saturated rings. The van der Waals surface area contributed by atoms with Crippen LogP contribution in [-0.4, -0.2) is 12.3 Å². The van der Waals surface area contributed by atoms with E-state index in [4.69, 9.17) is 0 Å². The van der Waals surface area contributed by atoms with Crippen molar-refractivity contribution in [2.24, 2.45) is 16.3 Å². The van der Waals surface area contributed by atoms with Crippen molar-refractivity contribution in [3.05, 3.63) is 0 Å². The highest BCUT2D eigenvalue weighted by atomic mass is 14.7. The minimum absolute atomic E-state index is 0.330. The predicted molar refractivity (Wildman–Crippen MR) is 52.3 cm³/mol. The van der Waals surface area contributed by atoms with E-state index in [-0.39, 0.29) is 0 Å². The molecule has 1 heteroatoms. The Hall–Kier alpha value is -0.330. The van der Waals surface area contributed by atoms with Gasteiger partial charge in [-0.1, -0.05) is 34.6 Å². The van der Waals surface area contributed by atoms with Gasteiger partial charge in [-0.25, -0.2) is 0 Å². The van der Waals surface area contributed by atoms with E-state index in [2.05, 4.69) is 46.5 Å². The van der Waals surface area contributed by atoms with Gasteiger partial charge in [0.2, 0.25) is 0 Å². The fraction of sp³-hybridized carbons (Fsp3) is 0.900. The van der Waals surface area contributed by atoms with Gasteiger partial charge >= 0.3 is 0 Å². The molecule has 66 valence electrons. The van der Waals surface area contributed by atoms with Crippen molar-refractivity contribution in [3.63, 3.8) is 0 Å². The first-order valence-electron chi connectivity index (χ1n) is 4.34. The van der Waals surface area contributed by atoms with Crippen molar-refractivity contribution in [2.75, 3.05) is 6.54 Å². The first kappa shape index (κ1) is 10.7. The van der Waals surface area contributed by atoms with Crippen LogP contribution in [0.2, 0.25) is 0 Å². The van der Waals surface area contributed by atoms with E-state index in [0.29, 0.717) is 11.3 Å². The predicted octanol–water partition coefficient (Wildman–Crippen LogP) is 3.15. The van der Waals surface area contributed by atoms with Gasteiger partial charge in [-0.2, -0.15) is 0 Å². The quantitative estimate of drug-likeness (QED) is 0.543. The molecule has 0 unspecified atom stereocenters. The average molecular weight is 155 g/mol. The minimum Gasteiger partial charge on any atom is -0.294 e. The lowest BCUT2D eigenvalue weighted by molar-refractivity contribution is 0.428. The molecule has 0 saturated carbocycles. The van der Waals surface area contributed by atoms with Gasteiger partial charge in [0.25, 0.3) is 0 Å². The number of aliphatic imine (C=N–C) groups is 1. The van der Waals surface area contributed by atoms with Crippen LogP contribution in [-0.2, 0) is 0 Å². The molecule has 0 aliphatic heterocycles. The Morgan fingerprint density at radius 3 is 2.00 bits per heavy atom. The number of hydrogen-bond donors (Lipinski definition) is 0. The maximum atomic E-state index is 4.51. The largest absolute Gasteiger partial charge is 0.294 e. The maximum absolute atomic E-state index is 4.51. The Morgan fingerprint density at radius 1 is 1.27 bits per heavy atom. The van der Waals surface area contributed by atoms with E-state index < -0.39 is 0 Å². The van der Waals surface area contributed by atoms with Crippen LogP contribution in [0.1, 0.15) is 41.5 Å². The zero-order valence-corrected chi connectivity index (χ0v) is 8.73. The van der Waals surface area contributed by atoms with Crippen LogP contribution in [0, 0.1) is 11.3 Å². The zero-order chi connectivity index (χ0) is 9.07. The highest BCUT2D eigenvalue weighted by molar-refractivity contribution is 5.83. The van der Waals surface area contributed by atoms with Crippen molar-refractivity contribution in [3.8, 4) is 0 Å². The summed E-state index contributed by atoms with van der Waals surface area (Å²) >= 11 is 0. The number of nitrogens with zero attached hydrogens (tertiary/aromatic N) is 1. The Kier molecular flexibility index (Phi) is 3.77. The summed E-state index contributed by atoms with van der Waals surface area (Å²) in [5, 5.41) is 0. The summed E-state index contributed by atoms with van der Waals surface area (Å²) in [5.41, 5.74) is 1.59. The lowest BCUT2D eigenvalue weighted by Gasteiger charge is -2.15. The molecule has 0 atom stereocenters. The molecule has 11 heavy (non-hydrogen) atoms. The van der Waals surface area contributed by atoms with Crippen molar-refractivity contribution in [1.29, 1.82) is 0 Å². The molecule has 0 aromatic rings. The lowest BCUT2D eigenvalue weighted by Crippen LogP contribution is -2.12. The Labute approximate surface area is 70.9 Å². The van der Waals surface area contributed by atoms with Gasteiger partial charge in [0.05, 0.1) is 0 Å². The molecular formula is C10H21N. The Morgan fingerprint density at radius 2 is 1.73 bits per heavy atom. The summed E-state index contributed by atoms with van der Waals surface area (Å²) in [6.45, 7) is 14.1. The molecule has 0 N–H and O–H groups in total. The van der Waals surface area contributed by atoms with E-state index in [0.717, 1.165) is 6.54 Å². The van der Waals surface area contributed by atoms with Crippen molar-refractivity contribution < 1.29 is 0 Å². The molecule has 1 nitrogen and oxygen atoms in total. The van der Waals surface area contributed by atoms with Crippen molar-refractivity contribution in [2.45, 2.75) is 41.5 Å². The van der Waals surface area contributed by atoms with Gasteiger partial charge in [-0.05, 0) is 18.3 Å². The molecule has 0 amide bonds. The van der Waals surface area contributed by atoms with Crippen LogP contribution in [0.3, 0.4) is 0 Å². The molecular weight excluding hydrogens is 134 g/mol. The topological polar surface area (TPSA) is 12.4 Å². The molecule has 0 bridgehead atoms. The minimum atomic E-state index is 0.330. The van der Waals surface area contributed by atoms with Crippen LogP contribution >= 0.6 is 0 Å². The molecule has 0 aliphatic carbocycles. The normalized spacial score (nSPS) is 14.3. The third kappa shape index (κ3) is 6.08. The monoisotopic (exact) mass is 155 g/mol. The lowest BCUT2D eigenvalue weighted by atomic mass is 9.97. The first-order chi connectivity index (χ1) is 4.83. The Balaban J connectivity index is 3.93. The average Bonchev–Trinajstić information content (AvgIpc) is 1.80. The van der Waals surface area contributed by atoms with E-state index in [1.807, 2.05) is 0 Å². The van der Waals surface area contributed by atoms with Gasteiger partial charge in [-0.3, -0.25) is 4.99 Å². The molecule has 0 radical (unpaired) electrons. The van der Waals surface area contributed by atoms with Gasteiger partial charge in [0, 0.05) is 12.3 Å². The summed E-state index contributed by atoms with van der Waals surface area (Å²) in [6.07, 6.45) is 0. The highest BCUT2D eigenvalue weighted by Gasteiger charge is 2.08. The zero-order valence-electron chi connectivity index (χ0n) is 8.73. The van der Waals surface area contributed by atoms with Crippen LogP contribution in [0.25, 0.3) is 0 Å². The molecule has 0 rings (SSSR count). The molecule has 0 aromatic heterocycles. The van der Waals surface area contributed by atoms with E-state index >= 15 is 0 Å². The van der Waals surface area contributed by atoms with Crippen LogP contribution in [0.4, 0.5) is 0 Å². The molecule has 0 saturated heterocycles.